The van der Waals surface area contributed by atoms with Crippen molar-refractivity contribution in [1.29, 1.82) is 0 Å². The molecule has 9 heteroatoms. The van der Waals surface area contributed by atoms with Crippen molar-refractivity contribution in [1.82, 2.24) is 10.0 Å². The molecular formula is C20H23N3O5S. The fourth-order valence-electron chi connectivity index (χ4n) is 3.00. The molecule has 2 aromatic carbocycles. The number of rotatable bonds is 6. The van der Waals surface area contributed by atoms with Gasteiger partial charge in [0.2, 0.25) is 15.9 Å². The first-order valence-corrected chi connectivity index (χ1v) is 10.6. The van der Waals surface area contributed by atoms with Crippen LogP contribution in [0.3, 0.4) is 0 Å². The van der Waals surface area contributed by atoms with Gasteiger partial charge >= 0.3 is 0 Å². The molecule has 2 amide bonds. The quantitative estimate of drug-likeness (QED) is 0.735. The summed E-state index contributed by atoms with van der Waals surface area (Å²) < 4.78 is 32.9. The second-order valence-electron chi connectivity index (χ2n) is 6.65. The minimum Gasteiger partial charge on any atom is -0.477 e. The maximum absolute atomic E-state index is 12.8. The first kappa shape index (κ1) is 20.8. The number of aryl methyl sites for hydroxylation is 1. The maximum Gasteiger partial charge on any atom is 0.262 e. The monoisotopic (exact) mass is 417 g/mol. The van der Waals surface area contributed by atoms with Gasteiger partial charge in [-0.15, -0.1) is 0 Å². The van der Waals surface area contributed by atoms with E-state index in [0.29, 0.717) is 11.4 Å². The number of sulfonamides is 1. The van der Waals surface area contributed by atoms with Crippen molar-refractivity contribution in [3.05, 3.63) is 54.1 Å². The van der Waals surface area contributed by atoms with Gasteiger partial charge in [-0.05, 0) is 31.2 Å². The Labute approximate surface area is 169 Å². The number of para-hydroxylation sites is 2. The zero-order chi connectivity index (χ0) is 21.0. The summed E-state index contributed by atoms with van der Waals surface area (Å²) in [5.41, 5.74) is 1.51. The van der Waals surface area contributed by atoms with E-state index in [1.54, 1.807) is 36.4 Å². The topological polar surface area (TPSA) is 105 Å². The molecule has 0 radical (unpaired) electrons. The van der Waals surface area contributed by atoms with Crippen molar-refractivity contribution < 1.29 is 22.7 Å². The number of amides is 2. The molecule has 154 valence electrons. The van der Waals surface area contributed by atoms with Crippen LogP contribution >= 0.6 is 0 Å². The van der Waals surface area contributed by atoms with Gasteiger partial charge in [-0.3, -0.25) is 9.59 Å². The van der Waals surface area contributed by atoms with E-state index >= 15 is 0 Å². The maximum atomic E-state index is 12.8. The van der Waals surface area contributed by atoms with Crippen LogP contribution in [0.4, 0.5) is 5.69 Å². The van der Waals surface area contributed by atoms with Crippen LogP contribution in [0, 0.1) is 6.92 Å². The fourth-order valence-corrected chi connectivity index (χ4v) is 4.03. The third kappa shape index (κ3) is 4.75. The molecule has 0 spiro atoms. The molecule has 3 rings (SSSR count). The van der Waals surface area contributed by atoms with E-state index in [1.807, 2.05) is 6.92 Å². The molecule has 2 aromatic rings. The minimum absolute atomic E-state index is 0.0557. The van der Waals surface area contributed by atoms with Crippen LogP contribution in [0.25, 0.3) is 0 Å². The van der Waals surface area contributed by atoms with E-state index in [2.05, 4.69) is 10.0 Å². The molecule has 0 saturated carbocycles. The number of nitrogens with zero attached hydrogens (tertiary/aromatic N) is 1. The number of hydrogen-bond acceptors (Lipinski definition) is 5. The van der Waals surface area contributed by atoms with Crippen molar-refractivity contribution >= 4 is 27.5 Å². The Bertz CT molecular complexity index is 1010. The summed E-state index contributed by atoms with van der Waals surface area (Å²) in [6.07, 6.45) is -0.886. The van der Waals surface area contributed by atoms with Crippen LogP contribution in [0.15, 0.2) is 53.4 Å². The van der Waals surface area contributed by atoms with Crippen molar-refractivity contribution in [3.8, 4) is 5.75 Å². The second kappa shape index (κ2) is 8.62. The number of anilines is 1. The summed E-state index contributed by atoms with van der Waals surface area (Å²) in [7, 11) is -2.20. The van der Waals surface area contributed by atoms with E-state index in [0.717, 1.165) is 5.56 Å². The number of hydrogen-bond donors (Lipinski definition) is 2. The molecule has 0 saturated heterocycles. The Balaban J connectivity index is 1.68. The zero-order valence-electron chi connectivity index (χ0n) is 16.2. The number of likely N-dealkylation sites (N-methyl/N-ethyl adjacent to an activating group) is 1. The van der Waals surface area contributed by atoms with Crippen LogP contribution in [-0.2, 0) is 19.6 Å². The molecule has 0 aliphatic carbocycles. The van der Waals surface area contributed by atoms with Crippen LogP contribution in [-0.4, -0.2) is 46.5 Å². The van der Waals surface area contributed by atoms with Gasteiger partial charge < -0.3 is 15.0 Å². The first-order valence-electron chi connectivity index (χ1n) is 9.16. The van der Waals surface area contributed by atoms with Gasteiger partial charge in [0.25, 0.3) is 5.91 Å². The summed E-state index contributed by atoms with van der Waals surface area (Å²) in [6.45, 7) is 1.87. The predicted octanol–water partition coefficient (Wildman–Crippen LogP) is 1.20. The van der Waals surface area contributed by atoms with Gasteiger partial charge in [0.1, 0.15) is 5.75 Å². The molecule has 29 heavy (non-hydrogen) atoms. The highest BCUT2D eigenvalue weighted by Crippen LogP contribution is 2.33. The SMILES string of the molecule is CNC(=O)[C@H]1CN(C(=O)CCNS(=O)(=O)c2ccc(C)cc2)c2ccccc2O1. The lowest BCUT2D eigenvalue weighted by atomic mass is 10.1. The highest BCUT2D eigenvalue weighted by molar-refractivity contribution is 7.89. The second-order valence-corrected chi connectivity index (χ2v) is 8.42. The van der Waals surface area contributed by atoms with E-state index in [1.165, 1.54) is 24.1 Å². The molecule has 0 unspecified atom stereocenters. The number of fused-ring (bicyclic) bond motifs is 1. The largest absolute Gasteiger partial charge is 0.477 e. The molecule has 1 aliphatic heterocycles. The fraction of sp³-hybridized carbons (Fsp3) is 0.300. The highest BCUT2D eigenvalue weighted by atomic mass is 32.2. The Morgan fingerprint density at radius 1 is 1.14 bits per heavy atom. The summed E-state index contributed by atoms with van der Waals surface area (Å²) >= 11 is 0. The zero-order valence-corrected chi connectivity index (χ0v) is 17.0. The molecule has 0 bridgehead atoms. The standard InChI is InChI=1S/C20H23N3O5S/c1-14-7-9-15(10-8-14)29(26,27)22-12-11-19(24)23-13-18(20(25)21-2)28-17-6-4-3-5-16(17)23/h3-10,18,22H,11-13H2,1-2H3,(H,21,25)/t18-/m1/s1. The Hall–Kier alpha value is -2.91. The normalized spacial score (nSPS) is 15.9. The van der Waals surface area contributed by atoms with Gasteiger partial charge in [-0.1, -0.05) is 29.8 Å². The smallest absolute Gasteiger partial charge is 0.262 e. The van der Waals surface area contributed by atoms with Crippen molar-refractivity contribution in [2.45, 2.75) is 24.3 Å². The van der Waals surface area contributed by atoms with Gasteiger partial charge in [0.05, 0.1) is 17.1 Å². The van der Waals surface area contributed by atoms with E-state index in [4.69, 9.17) is 4.74 Å². The number of carbonyl (C=O) groups excluding carboxylic acids is 2. The van der Waals surface area contributed by atoms with Crippen LogP contribution in [0.1, 0.15) is 12.0 Å². The van der Waals surface area contributed by atoms with Crippen LogP contribution < -0.4 is 19.7 Å². The average molecular weight is 417 g/mol. The van der Waals surface area contributed by atoms with Gasteiger partial charge in [-0.2, -0.15) is 0 Å². The first-order chi connectivity index (χ1) is 13.8. The number of ether oxygens (including phenoxy) is 1. The van der Waals surface area contributed by atoms with Gasteiger partial charge in [-0.25, -0.2) is 13.1 Å². The summed E-state index contributed by atoms with van der Waals surface area (Å²) in [5, 5.41) is 2.52. The van der Waals surface area contributed by atoms with Crippen molar-refractivity contribution in [2.75, 3.05) is 25.0 Å². The van der Waals surface area contributed by atoms with Crippen molar-refractivity contribution in [3.63, 3.8) is 0 Å². The van der Waals surface area contributed by atoms with Crippen LogP contribution in [0.5, 0.6) is 5.75 Å². The Morgan fingerprint density at radius 2 is 1.83 bits per heavy atom. The Kier molecular flexibility index (Phi) is 6.19. The van der Waals surface area contributed by atoms with Crippen LogP contribution in [0.2, 0.25) is 0 Å². The summed E-state index contributed by atoms with van der Waals surface area (Å²) in [4.78, 5) is 26.4. The predicted molar refractivity (Wildman–Crippen MR) is 108 cm³/mol. The van der Waals surface area contributed by atoms with Gasteiger partial charge in [0.15, 0.2) is 6.10 Å². The molecule has 2 N–H and O–H groups in total. The molecule has 0 aromatic heterocycles. The highest BCUT2D eigenvalue weighted by Gasteiger charge is 2.33. The summed E-state index contributed by atoms with van der Waals surface area (Å²) in [5.74, 6) is -0.209. The summed E-state index contributed by atoms with van der Waals surface area (Å²) in [6, 6.07) is 13.4. The molecule has 0 fully saturated rings. The van der Waals surface area contributed by atoms with Gasteiger partial charge in [0, 0.05) is 20.0 Å². The molecule has 1 atom stereocenters. The molecule has 8 nitrogen and oxygen atoms in total. The van der Waals surface area contributed by atoms with Crippen molar-refractivity contribution in [2.24, 2.45) is 0 Å². The number of carbonyl (C=O) groups is 2. The number of benzene rings is 2. The molecule has 1 aliphatic rings. The van der Waals surface area contributed by atoms with E-state index in [9.17, 15) is 18.0 Å². The third-order valence-electron chi connectivity index (χ3n) is 4.58. The third-order valence-corrected chi connectivity index (χ3v) is 6.05. The Morgan fingerprint density at radius 3 is 2.52 bits per heavy atom. The minimum atomic E-state index is -3.70. The molecular weight excluding hydrogens is 394 g/mol. The lowest BCUT2D eigenvalue weighted by Gasteiger charge is -2.34. The molecule has 1 heterocycles. The average Bonchev–Trinajstić information content (AvgIpc) is 2.72. The lowest BCUT2D eigenvalue weighted by molar-refractivity contribution is -0.127. The number of nitrogens with one attached hydrogen (secondary N) is 2. The van der Waals surface area contributed by atoms with E-state index in [-0.39, 0.29) is 36.2 Å². The lowest BCUT2D eigenvalue weighted by Crippen LogP contribution is -2.50. The van der Waals surface area contributed by atoms with E-state index < -0.39 is 16.1 Å².